The average Bonchev–Trinajstić information content (AvgIpc) is 3.33. The first kappa shape index (κ1) is 21.9. The summed E-state index contributed by atoms with van der Waals surface area (Å²) in [5.41, 5.74) is 3.57. The molecule has 174 valence electrons. The Balaban J connectivity index is 1.33. The summed E-state index contributed by atoms with van der Waals surface area (Å²) in [5, 5.41) is 7.72. The molecule has 2 aromatic heterocycles. The van der Waals surface area contributed by atoms with Crippen LogP contribution in [0.5, 0.6) is 5.75 Å². The maximum atomic E-state index is 13.1. The number of aromatic nitrogens is 3. The summed E-state index contributed by atoms with van der Waals surface area (Å²) in [6.45, 7) is 1.80. The summed E-state index contributed by atoms with van der Waals surface area (Å²) in [5.74, 6) is 1.18. The highest BCUT2D eigenvalue weighted by Crippen LogP contribution is 2.29. The van der Waals surface area contributed by atoms with Gasteiger partial charge < -0.3 is 15.0 Å². The van der Waals surface area contributed by atoms with Gasteiger partial charge in [0.15, 0.2) is 5.82 Å². The van der Waals surface area contributed by atoms with Gasteiger partial charge in [0.05, 0.1) is 18.7 Å². The van der Waals surface area contributed by atoms with E-state index < -0.39 is 0 Å². The van der Waals surface area contributed by atoms with Gasteiger partial charge in [-0.2, -0.15) is 5.10 Å². The number of fused-ring (bicyclic) bond motifs is 1. The van der Waals surface area contributed by atoms with Gasteiger partial charge in [0, 0.05) is 37.6 Å². The Morgan fingerprint density at radius 2 is 2.06 bits per heavy atom. The molecule has 1 amide bonds. The molecule has 34 heavy (non-hydrogen) atoms. The molecule has 7 nitrogen and oxygen atoms in total. The molecule has 0 saturated carbocycles. The highest BCUT2D eigenvalue weighted by Gasteiger charge is 2.27. The number of carbonyl (C=O) groups is 1. The smallest absolute Gasteiger partial charge is 0.225 e. The number of carbonyl (C=O) groups excluding carboxylic acids is 1. The van der Waals surface area contributed by atoms with Crippen molar-refractivity contribution in [3.05, 3.63) is 78.4 Å². The number of halogens is 1. The van der Waals surface area contributed by atoms with Crippen molar-refractivity contribution in [1.82, 2.24) is 19.9 Å². The van der Waals surface area contributed by atoms with Crippen molar-refractivity contribution in [1.29, 1.82) is 0 Å². The van der Waals surface area contributed by atoms with E-state index in [1.807, 2.05) is 41.0 Å². The predicted molar refractivity (Wildman–Crippen MR) is 128 cm³/mol. The molecule has 0 bridgehead atoms. The largest absolute Gasteiger partial charge is 0.497 e. The van der Waals surface area contributed by atoms with E-state index in [1.54, 1.807) is 25.4 Å². The number of nitrogens with zero attached hydrogens (tertiary/aromatic N) is 4. The number of rotatable bonds is 6. The summed E-state index contributed by atoms with van der Waals surface area (Å²) < 4.78 is 20.3. The Morgan fingerprint density at radius 3 is 2.88 bits per heavy atom. The van der Waals surface area contributed by atoms with Crippen molar-refractivity contribution in [3.63, 3.8) is 0 Å². The van der Waals surface area contributed by atoms with Gasteiger partial charge in [-0.15, -0.1) is 0 Å². The van der Waals surface area contributed by atoms with Crippen LogP contribution in [0.1, 0.15) is 18.4 Å². The van der Waals surface area contributed by atoms with Crippen molar-refractivity contribution in [2.75, 3.05) is 25.1 Å². The summed E-state index contributed by atoms with van der Waals surface area (Å²) >= 11 is 0. The Labute approximate surface area is 197 Å². The van der Waals surface area contributed by atoms with Gasteiger partial charge in [0.2, 0.25) is 5.91 Å². The maximum absolute atomic E-state index is 13.1. The lowest BCUT2D eigenvalue weighted by atomic mass is 9.97. The molecule has 4 aromatic rings. The number of benzene rings is 2. The third-order valence-electron chi connectivity index (χ3n) is 6.21. The van der Waals surface area contributed by atoms with E-state index in [0.717, 1.165) is 53.3 Å². The number of methoxy groups -OCH3 is 1. The van der Waals surface area contributed by atoms with Crippen molar-refractivity contribution < 1.29 is 13.9 Å². The summed E-state index contributed by atoms with van der Waals surface area (Å²) in [6.07, 6.45) is 5.29. The summed E-state index contributed by atoms with van der Waals surface area (Å²) in [4.78, 5) is 19.7. The number of ether oxygens (including phenoxy) is 1. The zero-order valence-corrected chi connectivity index (χ0v) is 18.9. The normalized spacial score (nSPS) is 15.9. The molecular weight excluding hydrogens is 433 g/mol. The van der Waals surface area contributed by atoms with E-state index in [-0.39, 0.29) is 17.6 Å². The fourth-order valence-electron chi connectivity index (χ4n) is 4.39. The van der Waals surface area contributed by atoms with Gasteiger partial charge in [0.1, 0.15) is 17.1 Å². The minimum Gasteiger partial charge on any atom is -0.497 e. The van der Waals surface area contributed by atoms with E-state index in [1.165, 1.54) is 12.1 Å². The Hall–Kier alpha value is -3.94. The molecule has 1 N–H and O–H groups in total. The van der Waals surface area contributed by atoms with E-state index >= 15 is 0 Å². The third-order valence-corrected chi connectivity index (χ3v) is 6.21. The standard InChI is InChI=1S/C26H26FN5O2/c1-34-22-6-2-4-19(14-22)23-15-24-25(28-11-13-32(24)30-23)31-12-3-5-20(17-31)26(33)29-16-18-7-9-21(27)10-8-18/h2,4,6-11,13-15,20H,3,5,12,16-17H2,1H3,(H,29,33)/t20-/m0/s1. The van der Waals surface area contributed by atoms with Crippen LogP contribution in [-0.2, 0) is 11.3 Å². The molecule has 1 aliphatic rings. The van der Waals surface area contributed by atoms with Gasteiger partial charge in [0.25, 0.3) is 0 Å². The molecular formula is C26H26FN5O2. The fourth-order valence-corrected chi connectivity index (χ4v) is 4.39. The van der Waals surface area contributed by atoms with E-state index in [9.17, 15) is 9.18 Å². The van der Waals surface area contributed by atoms with Crippen LogP contribution in [0.15, 0.2) is 67.0 Å². The number of nitrogens with one attached hydrogen (secondary N) is 1. The van der Waals surface area contributed by atoms with E-state index in [4.69, 9.17) is 9.84 Å². The molecule has 0 aliphatic carbocycles. The van der Waals surface area contributed by atoms with Gasteiger partial charge in [-0.1, -0.05) is 24.3 Å². The maximum Gasteiger partial charge on any atom is 0.225 e. The molecule has 1 aliphatic heterocycles. The zero-order chi connectivity index (χ0) is 23.5. The second-order valence-electron chi connectivity index (χ2n) is 8.47. The van der Waals surface area contributed by atoms with Crippen LogP contribution >= 0.6 is 0 Å². The number of amides is 1. The number of piperidine rings is 1. The van der Waals surface area contributed by atoms with Crippen LogP contribution in [0.25, 0.3) is 16.8 Å². The summed E-state index contributed by atoms with van der Waals surface area (Å²) in [6, 6.07) is 16.0. The van der Waals surface area contributed by atoms with Crippen LogP contribution in [-0.4, -0.2) is 40.7 Å². The van der Waals surface area contributed by atoms with Gasteiger partial charge in [-0.3, -0.25) is 4.79 Å². The first-order valence-corrected chi connectivity index (χ1v) is 11.4. The number of hydrogen-bond acceptors (Lipinski definition) is 5. The Bertz CT molecular complexity index is 1300. The first-order chi connectivity index (χ1) is 16.6. The molecule has 0 radical (unpaired) electrons. The summed E-state index contributed by atoms with van der Waals surface area (Å²) in [7, 11) is 1.65. The lowest BCUT2D eigenvalue weighted by Gasteiger charge is -2.33. The topological polar surface area (TPSA) is 71.8 Å². The number of hydrogen-bond donors (Lipinski definition) is 1. The third kappa shape index (κ3) is 4.57. The van der Waals surface area contributed by atoms with Crippen molar-refractivity contribution in [2.24, 2.45) is 5.92 Å². The van der Waals surface area contributed by atoms with Gasteiger partial charge in [-0.25, -0.2) is 13.9 Å². The lowest BCUT2D eigenvalue weighted by Crippen LogP contribution is -2.43. The SMILES string of the molecule is COc1cccc(-c2cc3c(N4CCC[C@H](C(=O)NCc5ccc(F)cc5)C4)nccn3n2)c1. The molecule has 5 rings (SSSR count). The van der Waals surface area contributed by atoms with Crippen LogP contribution in [0.4, 0.5) is 10.2 Å². The molecule has 1 atom stereocenters. The molecule has 1 saturated heterocycles. The first-order valence-electron chi connectivity index (χ1n) is 11.4. The van der Waals surface area contributed by atoms with Gasteiger partial charge in [-0.05, 0) is 48.7 Å². The van der Waals surface area contributed by atoms with Crippen LogP contribution in [0.2, 0.25) is 0 Å². The molecule has 8 heteroatoms. The molecule has 0 spiro atoms. The quantitative estimate of drug-likeness (QED) is 0.471. The second-order valence-corrected chi connectivity index (χ2v) is 8.47. The van der Waals surface area contributed by atoms with Crippen LogP contribution in [0.3, 0.4) is 0 Å². The Morgan fingerprint density at radius 1 is 1.21 bits per heavy atom. The molecule has 1 fully saturated rings. The fraction of sp³-hybridized carbons (Fsp3) is 0.269. The van der Waals surface area contributed by atoms with E-state index in [2.05, 4.69) is 15.2 Å². The highest BCUT2D eigenvalue weighted by molar-refractivity contribution is 5.81. The number of anilines is 1. The van der Waals surface area contributed by atoms with Gasteiger partial charge >= 0.3 is 0 Å². The monoisotopic (exact) mass is 459 g/mol. The van der Waals surface area contributed by atoms with Crippen LogP contribution in [0, 0.1) is 11.7 Å². The van der Waals surface area contributed by atoms with E-state index in [0.29, 0.717) is 13.1 Å². The van der Waals surface area contributed by atoms with Crippen molar-refractivity contribution in [2.45, 2.75) is 19.4 Å². The predicted octanol–water partition coefficient (Wildman–Crippen LogP) is 4.08. The molecule has 2 aromatic carbocycles. The molecule has 0 unspecified atom stereocenters. The minimum atomic E-state index is -0.283. The average molecular weight is 460 g/mol. The minimum absolute atomic E-state index is 0.00607. The lowest BCUT2D eigenvalue weighted by molar-refractivity contribution is -0.125. The van der Waals surface area contributed by atoms with Crippen molar-refractivity contribution in [3.8, 4) is 17.0 Å². The highest BCUT2D eigenvalue weighted by atomic mass is 19.1. The zero-order valence-electron chi connectivity index (χ0n) is 18.9. The van der Waals surface area contributed by atoms with Crippen LogP contribution < -0.4 is 15.0 Å². The Kier molecular flexibility index (Phi) is 6.12. The second kappa shape index (κ2) is 9.51. The molecule has 3 heterocycles. The van der Waals surface area contributed by atoms with Crippen molar-refractivity contribution >= 4 is 17.2 Å².